The number of likely N-dealkylation sites (N-methyl/N-ethyl adjacent to an activating group) is 1. The van der Waals surface area contributed by atoms with Crippen molar-refractivity contribution in [1.29, 1.82) is 0 Å². The highest BCUT2D eigenvalue weighted by molar-refractivity contribution is 5.43. The van der Waals surface area contributed by atoms with Crippen molar-refractivity contribution in [3.63, 3.8) is 0 Å². The Labute approximate surface area is 82.7 Å². The number of hydrogen-bond acceptors (Lipinski definition) is 3. The van der Waals surface area contributed by atoms with Gasteiger partial charge in [0.25, 0.3) is 0 Å². The molecule has 3 nitrogen and oxygen atoms in total. The highest BCUT2D eigenvalue weighted by atomic mass is 19.1. The van der Waals surface area contributed by atoms with Crippen molar-refractivity contribution < 1.29 is 9.50 Å². The Morgan fingerprint density at radius 1 is 1.57 bits per heavy atom. The Balaban J connectivity index is 2.70. The summed E-state index contributed by atoms with van der Waals surface area (Å²) in [7, 11) is 0. The molecule has 14 heavy (non-hydrogen) atoms. The van der Waals surface area contributed by atoms with E-state index in [4.69, 9.17) is 5.73 Å². The molecule has 0 aliphatic carbocycles. The Kier molecular flexibility index (Phi) is 3.85. The van der Waals surface area contributed by atoms with E-state index in [1.165, 1.54) is 18.2 Å². The van der Waals surface area contributed by atoms with E-state index in [1.807, 2.05) is 6.92 Å². The molecule has 0 aliphatic heterocycles. The molecule has 0 saturated heterocycles. The van der Waals surface area contributed by atoms with Gasteiger partial charge in [0.05, 0.1) is 11.8 Å². The quantitative estimate of drug-likeness (QED) is 0.634. The van der Waals surface area contributed by atoms with Crippen LogP contribution in [0.4, 0.5) is 10.1 Å². The Bertz CT molecular complexity index is 304. The Morgan fingerprint density at radius 2 is 2.29 bits per heavy atom. The zero-order chi connectivity index (χ0) is 10.6. The van der Waals surface area contributed by atoms with E-state index in [0.29, 0.717) is 12.1 Å². The molecule has 0 radical (unpaired) electrons. The standard InChI is InChI=1S/C10H15FN2O/c1-2-13-6-10(14)7-3-4-8(11)9(12)5-7/h3-5,10,13-14H,2,6,12H2,1H3. The van der Waals surface area contributed by atoms with Gasteiger partial charge in [0.1, 0.15) is 5.82 Å². The number of halogens is 1. The second-order valence-electron chi connectivity index (χ2n) is 3.10. The van der Waals surface area contributed by atoms with Crippen LogP contribution in [0.5, 0.6) is 0 Å². The number of rotatable bonds is 4. The SMILES string of the molecule is CCNCC(O)c1ccc(F)c(N)c1. The molecule has 0 saturated carbocycles. The molecule has 1 unspecified atom stereocenters. The smallest absolute Gasteiger partial charge is 0.146 e. The molecule has 1 atom stereocenters. The van der Waals surface area contributed by atoms with Crippen LogP contribution < -0.4 is 11.1 Å². The third-order valence-corrected chi connectivity index (χ3v) is 1.99. The average Bonchev–Trinajstić information content (AvgIpc) is 2.18. The molecule has 0 heterocycles. The summed E-state index contributed by atoms with van der Waals surface area (Å²) in [4.78, 5) is 0. The van der Waals surface area contributed by atoms with Crippen LogP contribution in [0.1, 0.15) is 18.6 Å². The number of aliphatic hydroxyl groups excluding tert-OH is 1. The van der Waals surface area contributed by atoms with Gasteiger partial charge >= 0.3 is 0 Å². The van der Waals surface area contributed by atoms with Gasteiger partial charge in [-0.05, 0) is 24.2 Å². The van der Waals surface area contributed by atoms with E-state index in [0.717, 1.165) is 6.54 Å². The van der Waals surface area contributed by atoms with E-state index in [1.54, 1.807) is 0 Å². The highest BCUT2D eigenvalue weighted by Crippen LogP contribution is 2.17. The minimum Gasteiger partial charge on any atom is -0.396 e. The van der Waals surface area contributed by atoms with Gasteiger partial charge in [0, 0.05) is 6.54 Å². The molecule has 0 fully saturated rings. The van der Waals surface area contributed by atoms with Gasteiger partial charge in [-0.3, -0.25) is 0 Å². The average molecular weight is 198 g/mol. The Morgan fingerprint density at radius 3 is 2.86 bits per heavy atom. The van der Waals surface area contributed by atoms with Crippen LogP contribution >= 0.6 is 0 Å². The molecule has 78 valence electrons. The Hall–Kier alpha value is -1.13. The minimum atomic E-state index is -0.641. The summed E-state index contributed by atoms with van der Waals surface area (Å²) in [5.41, 5.74) is 6.08. The van der Waals surface area contributed by atoms with Crippen molar-refractivity contribution >= 4 is 5.69 Å². The van der Waals surface area contributed by atoms with Gasteiger partial charge in [-0.25, -0.2) is 4.39 Å². The summed E-state index contributed by atoms with van der Waals surface area (Å²) in [6, 6.07) is 4.25. The largest absolute Gasteiger partial charge is 0.396 e. The van der Waals surface area contributed by atoms with E-state index in [2.05, 4.69) is 5.32 Å². The number of nitrogens with two attached hydrogens (primary N) is 1. The summed E-state index contributed by atoms with van der Waals surface area (Å²) < 4.78 is 12.8. The van der Waals surface area contributed by atoms with Gasteiger partial charge < -0.3 is 16.2 Å². The molecule has 1 aromatic rings. The summed E-state index contributed by atoms with van der Waals surface area (Å²) in [6.07, 6.45) is -0.641. The highest BCUT2D eigenvalue weighted by Gasteiger charge is 2.08. The van der Waals surface area contributed by atoms with Crippen LogP contribution in [-0.2, 0) is 0 Å². The van der Waals surface area contributed by atoms with E-state index < -0.39 is 11.9 Å². The summed E-state index contributed by atoms with van der Waals surface area (Å²) in [6.45, 7) is 3.18. The van der Waals surface area contributed by atoms with E-state index >= 15 is 0 Å². The van der Waals surface area contributed by atoms with Gasteiger partial charge in [0.2, 0.25) is 0 Å². The van der Waals surface area contributed by atoms with E-state index in [-0.39, 0.29) is 5.69 Å². The third-order valence-electron chi connectivity index (χ3n) is 1.99. The fraction of sp³-hybridized carbons (Fsp3) is 0.400. The molecule has 0 aromatic heterocycles. The van der Waals surface area contributed by atoms with Crippen LogP contribution in [0.3, 0.4) is 0 Å². The molecule has 1 aromatic carbocycles. The second kappa shape index (κ2) is 4.93. The molecule has 1 rings (SSSR count). The molecule has 0 aliphatic rings. The molecular weight excluding hydrogens is 183 g/mol. The van der Waals surface area contributed by atoms with Crippen LogP contribution in [0.2, 0.25) is 0 Å². The zero-order valence-corrected chi connectivity index (χ0v) is 8.13. The van der Waals surface area contributed by atoms with Crippen molar-refractivity contribution in [3.8, 4) is 0 Å². The fourth-order valence-electron chi connectivity index (χ4n) is 1.17. The zero-order valence-electron chi connectivity index (χ0n) is 8.13. The first-order valence-electron chi connectivity index (χ1n) is 4.59. The maximum absolute atomic E-state index is 12.8. The molecule has 0 bridgehead atoms. The number of benzene rings is 1. The van der Waals surface area contributed by atoms with E-state index in [9.17, 15) is 9.50 Å². The van der Waals surface area contributed by atoms with Crippen molar-refractivity contribution in [3.05, 3.63) is 29.6 Å². The number of hydrogen-bond donors (Lipinski definition) is 3. The normalized spacial score (nSPS) is 12.8. The maximum atomic E-state index is 12.8. The lowest BCUT2D eigenvalue weighted by Gasteiger charge is -2.11. The fourth-order valence-corrected chi connectivity index (χ4v) is 1.17. The number of nitrogen functional groups attached to an aromatic ring is 1. The summed E-state index contributed by atoms with van der Waals surface area (Å²) >= 11 is 0. The van der Waals surface area contributed by atoms with Crippen LogP contribution in [0.15, 0.2) is 18.2 Å². The first-order chi connectivity index (χ1) is 6.65. The monoisotopic (exact) mass is 198 g/mol. The van der Waals surface area contributed by atoms with Crippen LogP contribution in [-0.4, -0.2) is 18.2 Å². The van der Waals surface area contributed by atoms with Gasteiger partial charge in [-0.1, -0.05) is 13.0 Å². The number of aliphatic hydroxyl groups is 1. The minimum absolute atomic E-state index is 0.0676. The van der Waals surface area contributed by atoms with Gasteiger partial charge in [-0.2, -0.15) is 0 Å². The predicted octanol–water partition coefficient (Wildman–Crippen LogP) is 1.05. The lowest BCUT2D eigenvalue weighted by molar-refractivity contribution is 0.175. The van der Waals surface area contributed by atoms with Gasteiger partial charge in [0.15, 0.2) is 0 Å². The first kappa shape index (κ1) is 10.9. The lowest BCUT2D eigenvalue weighted by atomic mass is 10.1. The number of nitrogens with one attached hydrogen (secondary N) is 1. The summed E-state index contributed by atoms with van der Waals surface area (Å²) in [5, 5.41) is 12.6. The third kappa shape index (κ3) is 2.68. The van der Waals surface area contributed by atoms with Crippen molar-refractivity contribution in [2.45, 2.75) is 13.0 Å². The number of anilines is 1. The molecular formula is C10H15FN2O. The van der Waals surface area contributed by atoms with Crippen molar-refractivity contribution in [2.24, 2.45) is 0 Å². The lowest BCUT2D eigenvalue weighted by Crippen LogP contribution is -2.20. The maximum Gasteiger partial charge on any atom is 0.146 e. The van der Waals surface area contributed by atoms with Crippen molar-refractivity contribution in [2.75, 3.05) is 18.8 Å². The first-order valence-corrected chi connectivity index (χ1v) is 4.59. The second-order valence-corrected chi connectivity index (χ2v) is 3.10. The molecule has 0 spiro atoms. The van der Waals surface area contributed by atoms with Gasteiger partial charge in [-0.15, -0.1) is 0 Å². The predicted molar refractivity (Wildman–Crippen MR) is 54.3 cm³/mol. The van der Waals surface area contributed by atoms with Crippen LogP contribution in [0, 0.1) is 5.82 Å². The van der Waals surface area contributed by atoms with Crippen molar-refractivity contribution in [1.82, 2.24) is 5.32 Å². The summed E-state index contributed by atoms with van der Waals surface area (Å²) in [5.74, 6) is -0.454. The van der Waals surface area contributed by atoms with Crippen LogP contribution in [0.25, 0.3) is 0 Å². The molecule has 4 N–H and O–H groups in total. The topological polar surface area (TPSA) is 58.3 Å². The molecule has 4 heteroatoms. The molecule has 0 amide bonds.